The average molecular weight is 294 g/mol. The number of nitrogens with zero attached hydrogens (tertiary/aromatic N) is 3. The molecular formula is C12H9Cl2N5. The molecule has 7 heteroatoms. The van der Waals surface area contributed by atoms with Gasteiger partial charge in [-0.25, -0.2) is 4.98 Å². The normalized spacial score (nSPS) is 10.9. The summed E-state index contributed by atoms with van der Waals surface area (Å²) in [7, 11) is 0. The molecule has 5 nitrogen and oxygen atoms in total. The summed E-state index contributed by atoms with van der Waals surface area (Å²) in [5.41, 5.74) is 3.14. The minimum Gasteiger partial charge on any atom is -0.340 e. The maximum Gasteiger partial charge on any atom is 0.226 e. The van der Waals surface area contributed by atoms with Crippen LogP contribution in [0.4, 0.5) is 11.5 Å². The van der Waals surface area contributed by atoms with Crippen LogP contribution in [0.15, 0.2) is 24.5 Å². The molecule has 2 N–H and O–H groups in total. The summed E-state index contributed by atoms with van der Waals surface area (Å²) in [4.78, 5) is 15.2. The minimum atomic E-state index is 0.147. The quantitative estimate of drug-likeness (QED) is 0.707. The molecule has 1 aromatic carbocycles. The Hall–Kier alpha value is -1.85. The van der Waals surface area contributed by atoms with Crippen LogP contribution < -0.4 is 5.32 Å². The number of nitrogens with one attached hydrogen (secondary N) is 2. The van der Waals surface area contributed by atoms with E-state index in [2.05, 4.69) is 25.3 Å². The number of benzene rings is 1. The van der Waals surface area contributed by atoms with E-state index in [0.717, 1.165) is 11.3 Å². The predicted molar refractivity (Wildman–Crippen MR) is 76.2 cm³/mol. The third-order valence-corrected chi connectivity index (χ3v) is 3.10. The van der Waals surface area contributed by atoms with E-state index < -0.39 is 0 Å². The Bertz CT molecular complexity index is 753. The summed E-state index contributed by atoms with van der Waals surface area (Å²) in [5.74, 6) is 0.581. The van der Waals surface area contributed by atoms with Gasteiger partial charge < -0.3 is 10.3 Å². The fourth-order valence-electron chi connectivity index (χ4n) is 1.79. The van der Waals surface area contributed by atoms with Crippen molar-refractivity contribution in [1.82, 2.24) is 19.9 Å². The standard InChI is InChI=1S/C12H9Cl2N5/c1-6-4-7(13)2-3-8(6)17-11-9-10(16-5-15-9)18-12(14)19-11/h2-5H,1H3,(H2,15,16,17,18,19). The van der Waals surface area contributed by atoms with E-state index in [9.17, 15) is 0 Å². The third-order valence-electron chi connectivity index (χ3n) is 2.70. The third kappa shape index (κ3) is 2.34. The van der Waals surface area contributed by atoms with E-state index in [-0.39, 0.29) is 5.28 Å². The van der Waals surface area contributed by atoms with Crippen molar-refractivity contribution in [3.63, 3.8) is 0 Å². The number of hydrogen-bond donors (Lipinski definition) is 2. The van der Waals surface area contributed by atoms with E-state index in [1.54, 1.807) is 6.33 Å². The first-order valence-corrected chi connectivity index (χ1v) is 6.29. The molecule has 3 aromatic rings. The lowest BCUT2D eigenvalue weighted by Crippen LogP contribution is -1.98. The zero-order valence-corrected chi connectivity index (χ0v) is 11.4. The van der Waals surface area contributed by atoms with E-state index in [4.69, 9.17) is 23.2 Å². The first-order valence-electron chi connectivity index (χ1n) is 5.53. The average Bonchev–Trinajstić information content (AvgIpc) is 2.80. The second kappa shape index (κ2) is 4.68. The molecule has 0 bridgehead atoms. The van der Waals surface area contributed by atoms with Crippen molar-refractivity contribution in [2.75, 3.05) is 5.32 Å². The SMILES string of the molecule is Cc1cc(Cl)ccc1Nc1nc(Cl)nc2nc[nH]c12. The fourth-order valence-corrected chi connectivity index (χ4v) is 2.18. The molecule has 2 heterocycles. The molecule has 96 valence electrons. The monoisotopic (exact) mass is 293 g/mol. The molecule has 0 aliphatic heterocycles. The first kappa shape index (κ1) is 12.2. The highest BCUT2D eigenvalue weighted by atomic mass is 35.5. The number of H-pyrrole nitrogens is 1. The number of fused-ring (bicyclic) bond motifs is 1. The molecule has 0 aliphatic carbocycles. The van der Waals surface area contributed by atoms with Gasteiger partial charge in [0.1, 0.15) is 5.52 Å². The molecule has 19 heavy (non-hydrogen) atoms. The summed E-state index contributed by atoms with van der Waals surface area (Å²) in [5, 5.41) is 4.04. The number of aromatic nitrogens is 4. The van der Waals surface area contributed by atoms with Gasteiger partial charge in [0.05, 0.1) is 6.33 Å². The largest absolute Gasteiger partial charge is 0.340 e. The van der Waals surface area contributed by atoms with Gasteiger partial charge in [-0.3, -0.25) is 0 Å². The van der Waals surface area contributed by atoms with Crippen LogP contribution in [0.2, 0.25) is 10.3 Å². The van der Waals surface area contributed by atoms with Gasteiger partial charge in [-0.05, 0) is 42.3 Å². The molecule has 0 saturated carbocycles. The summed E-state index contributed by atoms with van der Waals surface area (Å²) in [6.45, 7) is 1.96. The lowest BCUT2D eigenvalue weighted by atomic mass is 10.2. The Labute approximate surface area is 119 Å². The highest BCUT2D eigenvalue weighted by Crippen LogP contribution is 2.26. The van der Waals surface area contributed by atoms with Gasteiger partial charge in [0, 0.05) is 10.7 Å². The maximum absolute atomic E-state index is 5.93. The lowest BCUT2D eigenvalue weighted by molar-refractivity contribution is 1.19. The van der Waals surface area contributed by atoms with Crippen LogP contribution in [0.3, 0.4) is 0 Å². The molecule has 0 atom stereocenters. The van der Waals surface area contributed by atoms with Crippen molar-refractivity contribution in [3.05, 3.63) is 40.4 Å². The Balaban J connectivity index is 2.07. The first-order chi connectivity index (χ1) is 9.13. The molecular weight excluding hydrogens is 285 g/mol. The van der Waals surface area contributed by atoms with Crippen LogP contribution >= 0.6 is 23.2 Å². The molecule has 0 saturated heterocycles. The van der Waals surface area contributed by atoms with Crippen molar-refractivity contribution in [2.45, 2.75) is 6.92 Å². The van der Waals surface area contributed by atoms with E-state index >= 15 is 0 Å². The molecule has 3 rings (SSSR count). The topological polar surface area (TPSA) is 66.5 Å². The van der Waals surface area contributed by atoms with Crippen molar-refractivity contribution in [3.8, 4) is 0 Å². The van der Waals surface area contributed by atoms with Gasteiger partial charge in [-0.15, -0.1) is 0 Å². The van der Waals surface area contributed by atoms with Crippen LogP contribution in [0.25, 0.3) is 11.2 Å². The highest BCUT2D eigenvalue weighted by molar-refractivity contribution is 6.30. The fraction of sp³-hybridized carbons (Fsp3) is 0.0833. The Kier molecular flexibility index (Phi) is 3.00. The van der Waals surface area contributed by atoms with Crippen LogP contribution in [0.5, 0.6) is 0 Å². The van der Waals surface area contributed by atoms with Gasteiger partial charge in [0.15, 0.2) is 11.5 Å². The zero-order chi connectivity index (χ0) is 13.4. The minimum absolute atomic E-state index is 0.147. The summed E-state index contributed by atoms with van der Waals surface area (Å²) < 4.78 is 0. The number of anilines is 2. The van der Waals surface area contributed by atoms with E-state index in [1.807, 2.05) is 25.1 Å². The van der Waals surface area contributed by atoms with Crippen molar-refractivity contribution >= 4 is 45.9 Å². The second-order valence-corrected chi connectivity index (χ2v) is 4.80. The van der Waals surface area contributed by atoms with E-state index in [1.165, 1.54) is 0 Å². The van der Waals surface area contributed by atoms with Crippen LogP contribution in [-0.2, 0) is 0 Å². The summed E-state index contributed by atoms with van der Waals surface area (Å²) >= 11 is 11.8. The Morgan fingerprint density at radius 1 is 1.21 bits per heavy atom. The smallest absolute Gasteiger partial charge is 0.226 e. The van der Waals surface area contributed by atoms with Crippen molar-refractivity contribution in [1.29, 1.82) is 0 Å². The number of aromatic amines is 1. The predicted octanol–water partition coefficient (Wildman–Crippen LogP) is 3.71. The van der Waals surface area contributed by atoms with Gasteiger partial charge in [-0.1, -0.05) is 11.6 Å². The van der Waals surface area contributed by atoms with Crippen LogP contribution in [0.1, 0.15) is 5.56 Å². The van der Waals surface area contributed by atoms with Crippen molar-refractivity contribution < 1.29 is 0 Å². The molecule has 0 unspecified atom stereocenters. The number of rotatable bonds is 2. The Morgan fingerprint density at radius 2 is 2.05 bits per heavy atom. The van der Waals surface area contributed by atoms with Crippen molar-refractivity contribution in [2.24, 2.45) is 0 Å². The molecule has 0 radical (unpaired) electrons. The zero-order valence-electron chi connectivity index (χ0n) is 9.91. The van der Waals surface area contributed by atoms with Crippen LogP contribution in [-0.4, -0.2) is 19.9 Å². The van der Waals surface area contributed by atoms with Crippen LogP contribution in [0, 0.1) is 6.92 Å². The number of hydrogen-bond acceptors (Lipinski definition) is 4. The molecule has 0 amide bonds. The molecule has 0 fully saturated rings. The molecule has 0 aliphatic rings. The maximum atomic E-state index is 5.93. The van der Waals surface area contributed by atoms with Gasteiger partial charge >= 0.3 is 0 Å². The molecule has 0 spiro atoms. The number of aryl methyl sites for hydroxylation is 1. The lowest BCUT2D eigenvalue weighted by Gasteiger charge is -2.09. The summed E-state index contributed by atoms with van der Waals surface area (Å²) in [6, 6.07) is 5.57. The Morgan fingerprint density at radius 3 is 2.84 bits per heavy atom. The van der Waals surface area contributed by atoms with Gasteiger partial charge in [0.25, 0.3) is 0 Å². The number of halogens is 2. The van der Waals surface area contributed by atoms with Gasteiger partial charge in [0.2, 0.25) is 5.28 Å². The number of imidazole rings is 1. The molecule has 2 aromatic heterocycles. The second-order valence-electron chi connectivity index (χ2n) is 4.03. The van der Waals surface area contributed by atoms with Gasteiger partial charge in [-0.2, -0.15) is 9.97 Å². The highest BCUT2D eigenvalue weighted by Gasteiger charge is 2.10. The van der Waals surface area contributed by atoms with E-state index in [0.29, 0.717) is 22.0 Å². The summed E-state index contributed by atoms with van der Waals surface area (Å²) in [6.07, 6.45) is 1.55.